The van der Waals surface area contributed by atoms with Gasteiger partial charge in [0.2, 0.25) is 0 Å². The van der Waals surface area contributed by atoms with Gasteiger partial charge in [-0.1, -0.05) is 0 Å². The van der Waals surface area contributed by atoms with E-state index >= 15 is 0 Å². The molecule has 1 aliphatic carbocycles. The molecule has 70 valence electrons. The van der Waals surface area contributed by atoms with Gasteiger partial charge in [0.15, 0.2) is 0 Å². The number of rotatable bonds is 3. The van der Waals surface area contributed by atoms with E-state index in [1.165, 1.54) is 6.42 Å². The van der Waals surface area contributed by atoms with Crippen molar-refractivity contribution in [3.63, 3.8) is 0 Å². The summed E-state index contributed by atoms with van der Waals surface area (Å²) in [5.74, 6) is 2.22. The maximum absolute atomic E-state index is 11.1. The van der Waals surface area contributed by atoms with Gasteiger partial charge in [0, 0.05) is 0 Å². The summed E-state index contributed by atoms with van der Waals surface area (Å²) in [6.07, 6.45) is 4.68. The van der Waals surface area contributed by atoms with Crippen LogP contribution < -0.4 is 0 Å². The van der Waals surface area contributed by atoms with Gasteiger partial charge in [-0.2, -0.15) is 0 Å². The Morgan fingerprint density at radius 2 is 2.17 bits per heavy atom. The second-order valence-corrected chi connectivity index (χ2v) is 5.20. The van der Waals surface area contributed by atoms with Crippen molar-refractivity contribution in [1.82, 2.24) is 0 Å². The Morgan fingerprint density at radius 1 is 1.50 bits per heavy atom. The summed E-state index contributed by atoms with van der Waals surface area (Å²) in [4.78, 5) is 11.1. The summed E-state index contributed by atoms with van der Waals surface area (Å²) in [5, 5.41) is 9.57. The molecule has 0 amide bonds. The van der Waals surface area contributed by atoms with Gasteiger partial charge in [-0.25, -0.2) is 0 Å². The van der Waals surface area contributed by atoms with E-state index < -0.39 is 0 Å². The van der Waals surface area contributed by atoms with Crippen molar-refractivity contribution in [1.29, 1.82) is 0 Å². The molecule has 0 aromatic rings. The van der Waals surface area contributed by atoms with E-state index in [4.69, 9.17) is 0 Å². The molecule has 0 aliphatic heterocycles. The van der Waals surface area contributed by atoms with Crippen LogP contribution in [0.3, 0.4) is 0 Å². The Morgan fingerprint density at radius 3 is 2.75 bits per heavy atom. The molecule has 0 heterocycles. The van der Waals surface area contributed by atoms with E-state index in [-0.39, 0.29) is 27.0 Å². The molecule has 1 rings (SSSR count). The third-order valence-corrected chi connectivity index (χ3v) is 3.83. The fourth-order valence-corrected chi connectivity index (χ4v) is 2.52. The van der Waals surface area contributed by atoms with Gasteiger partial charge in [0.1, 0.15) is 0 Å². The van der Waals surface area contributed by atoms with E-state index in [0.717, 1.165) is 19.3 Å². The number of aliphatic hydroxyl groups is 1. The number of carbonyl (C=O) groups excluding carboxylic acids is 1. The molecular formula is C9H16O2Se. The zero-order chi connectivity index (χ0) is 8.97. The van der Waals surface area contributed by atoms with E-state index in [9.17, 15) is 9.90 Å². The van der Waals surface area contributed by atoms with Crippen LogP contribution in [-0.4, -0.2) is 30.8 Å². The molecule has 1 saturated carbocycles. The normalized spacial score (nSPS) is 30.2. The van der Waals surface area contributed by atoms with Crippen molar-refractivity contribution < 1.29 is 9.90 Å². The summed E-state index contributed by atoms with van der Waals surface area (Å²) in [6, 6.07) is 0. The van der Waals surface area contributed by atoms with Crippen molar-refractivity contribution in [2.24, 2.45) is 5.92 Å². The van der Waals surface area contributed by atoms with Crippen LogP contribution in [-0.2, 0) is 4.79 Å². The molecule has 3 heteroatoms. The topological polar surface area (TPSA) is 37.3 Å². The molecule has 0 aromatic heterocycles. The Kier molecular flexibility index (Phi) is 4.27. The van der Waals surface area contributed by atoms with Gasteiger partial charge in [0.05, 0.1) is 0 Å². The first-order valence-electron chi connectivity index (χ1n) is 4.49. The second kappa shape index (κ2) is 5.00. The second-order valence-electron chi connectivity index (χ2n) is 3.39. The predicted molar refractivity (Wildman–Crippen MR) is 49.2 cm³/mol. The molecule has 1 aliphatic rings. The van der Waals surface area contributed by atoms with Gasteiger partial charge in [-0.05, 0) is 0 Å². The van der Waals surface area contributed by atoms with E-state index in [1.54, 1.807) is 0 Å². The molecule has 2 atom stereocenters. The average Bonchev–Trinajstić information content (AvgIpc) is 2.09. The van der Waals surface area contributed by atoms with Crippen molar-refractivity contribution in [3.8, 4) is 0 Å². The van der Waals surface area contributed by atoms with E-state index in [0.29, 0.717) is 11.1 Å². The molecule has 1 N–H and O–H groups in total. The maximum atomic E-state index is 11.1. The number of hydrogen-bond donors (Lipinski definition) is 1. The fourth-order valence-electron chi connectivity index (χ4n) is 1.72. The Labute approximate surface area is 79.9 Å². The summed E-state index contributed by atoms with van der Waals surface area (Å²) in [5.41, 5.74) is 0. The van der Waals surface area contributed by atoms with Crippen LogP contribution in [0, 0.1) is 5.92 Å². The first kappa shape index (κ1) is 10.2. The van der Waals surface area contributed by atoms with Crippen LogP contribution in [0.15, 0.2) is 0 Å². The molecule has 1 fully saturated rings. The molecule has 0 spiro atoms. The average molecular weight is 235 g/mol. The molecule has 0 saturated heterocycles. The van der Waals surface area contributed by atoms with Crippen molar-refractivity contribution in [3.05, 3.63) is 0 Å². The first-order chi connectivity index (χ1) is 5.74. The van der Waals surface area contributed by atoms with Crippen LogP contribution in [0.25, 0.3) is 0 Å². The minimum absolute atomic E-state index is 0.122. The van der Waals surface area contributed by atoms with Crippen LogP contribution in [0.2, 0.25) is 5.82 Å². The first-order valence-corrected chi connectivity index (χ1v) is 7.06. The van der Waals surface area contributed by atoms with E-state index in [1.807, 2.05) is 5.82 Å². The van der Waals surface area contributed by atoms with Crippen LogP contribution in [0.1, 0.15) is 32.1 Å². The third-order valence-electron chi connectivity index (χ3n) is 2.53. The molecule has 0 radical (unpaired) electrons. The Balaban J connectivity index is 2.33. The fraction of sp³-hybridized carbons (Fsp3) is 0.889. The van der Waals surface area contributed by atoms with Gasteiger partial charge >= 0.3 is 79.5 Å². The third kappa shape index (κ3) is 2.89. The molecule has 2 nitrogen and oxygen atoms in total. The van der Waals surface area contributed by atoms with Gasteiger partial charge < -0.3 is 0 Å². The van der Waals surface area contributed by atoms with Crippen LogP contribution >= 0.6 is 0 Å². The van der Waals surface area contributed by atoms with Crippen LogP contribution in [0.5, 0.6) is 0 Å². The Hall–Kier alpha value is 0.149. The quantitative estimate of drug-likeness (QED) is 0.746. The minimum atomic E-state index is -0.204. The monoisotopic (exact) mass is 236 g/mol. The number of carbonyl (C=O) groups is 1. The number of hydrogen-bond acceptors (Lipinski definition) is 2. The zero-order valence-electron chi connectivity index (χ0n) is 7.45. The standard InChI is InChI=1S/C9H16O2Se/c1-12-9(11)6-7-4-2-3-5-8(7)10/h7-8,10H,2-6H2,1H3/t7?,8-/m0/s1. The molecule has 0 aromatic carbocycles. The molecule has 12 heavy (non-hydrogen) atoms. The molecule has 0 bridgehead atoms. The summed E-state index contributed by atoms with van der Waals surface area (Å²) < 4.78 is 0.355. The van der Waals surface area contributed by atoms with E-state index in [2.05, 4.69) is 0 Å². The van der Waals surface area contributed by atoms with Gasteiger partial charge in [0.25, 0.3) is 0 Å². The zero-order valence-corrected chi connectivity index (χ0v) is 9.17. The van der Waals surface area contributed by atoms with Gasteiger partial charge in [-0.15, -0.1) is 0 Å². The molecule has 1 unspecified atom stereocenters. The van der Waals surface area contributed by atoms with Crippen molar-refractivity contribution >= 4 is 19.6 Å². The van der Waals surface area contributed by atoms with Gasteiger partial charge in [-0.3, -0.25) is 0 Å². The number of aliphatic hydroxyl groups excluding tert-OH is 1. The van der Waals surface area contributed by atoms with Crippen molar-refractivity contribution in [2.75, 3.05) is 0 Å². The summed E-state index contributed by atoms with van der Waals surface area (Å²) in [6.45, 7) is 0. The van der Waals surface area contributed by atoms with Crippen LogP contribution in [0.4, 0.5) is 0 Å². The molecular weight excluding hydrogens is 219 g/mol. The van der Waals surface area contributed by atoms with Crippen molar-refractivity contribution in [2.45, 2.75) is 44.0 Å². The predicted octanol–water partition coefficient (Wildman–Crippen LogP) is 1.21. The SMILES string of the molecule is C[Se]C(=O)CC1CCCC[C@@H]1O. The Bertz CT molecular complexity index is 159. The summed E-state index contributed by atoms with van der Waals surface area (Å²) in [7, 11) is 0. The summed E-state index contributed by atoms with van der Waals surface area (Å²) >= 11 is 0.122.